The van der Waals surface area contributed by atoms with Crippen LogP contribution < -0.4 is 20.3 Å². The molecule has 4 heterocycles. The number of pyridine rings is 1. The topological polar surface area (TPSA) is 86.8 Å². The lowest BCUT2D eigenvalue weighted by Gasteiger charge is -2.31. The van der Waals surface area contributed by atoms with Crippen LogP contribution in [0.15, 0.2) is 54.7 Å². The number of benzene rings is 2. The van der Waals surface area contributed by atoms with Crippen LogP contribution in [0.2, 0.25) is 0 Å². The number of nitrogens with one attached hydrogen (secondary N) is 2. The molecule has 4 aromatic rings. The zero-order chi connectivity index (χ0) is 26.4. The molecule has 2 N–H and O–H groups in total. The lowest BCUT2D eigenvalue weighted by atomic mass is 10.0. The van der Waals surface area contributed by atoms with Gasteiger partial charge >= 0.3 is 6.03 Å². The number of nitrogens with zero attached hydrogens (tertiary/aromatic N) is 3. The third-order valence-electron chi connectivity index (χ3n) is 7.33. The SMILES string of the molecule is Cc1c(Oc2ccccc2)ccc(N2C(=O)Nc3c(C(=O)NC4CCCN(C)C4)sc4nccc2c34)c1C. The summed E-state index contributed by atoms with van der Waals surface area (Å²) in [6.45, 7) is 5.83. The molecule has 38 heavy (non-hydrogen) atoms. The Morgan fingerprint density at radius 1 is 1.11 bits per heavy atom. The Bertz CT molecular complexity index is 1550. The quantitative estimate of drug-likeness (QED) is 0.322. The second-order valence-electron chi connectivity index (χ2n) is 9.90. The first kappa shape index (κ1) is 24.4. The number of thiophene rings is 1. The fraction of sp³-hybridized carbons (Fsp3) is 0.276. The van der Waals surface area contributed by atoms with E-state index in [1.165, 1.54) is 11.3 Å². The van der Waals surface area contributed by atoms with Gasteiger partial charge in [-0.25, -0.2) is 9.78 Å². The van der Waals surface area contributed by atoms with E-state index in [1.807, 2.05) is 62.4 Å². The Labute approximate surface area is 225 Å². The van der Waals surface area contributed by atoms with E-state index in [0.717, 1.165) is 59.6 Å². The van der Waals surface area contributed by atoms with E-state index in [1.54, 1.807) is 11.1 Å². The summed E-state index contributed by atoms with van der Waals surface area (Å²) in [5.74, 6) is 1.32. The molecule has 2 aliphatic heterocycles. The minimum absolute atomic E-state index is 0.0872. The molecule has 1 saturated heterocycles. The van der Waals surface area contributed by atoms with Gasteiger partial charge in [-0.2, -0.15) is 0 Å². The molecule has 8 nitrogen and oxygen atoms in total. The van der Waals surface area contributed by atoms with Gasteiger partial charge < -0.3 is 20.3 Å². The number of carbonyl (C=O) groups is 2. The highest BCUT2D eigenvalue weighted by molar-refractivity contribution is 7.21. The summed E-state index contributed by atoms with van der Waals surface area (Å²) >= 11 is 1.31. The van der Waals surface area contributed by atoms with Crippen molar-refractivity contribution in [2.45, 2.75) is 32.7 Å². The van der Waals surface area contributed by atoms with Crippen LogP contribution in [0.3, 0.4) is 0 Å². The maximum Gasteiger partial charge on any atom is 0.331 e. The number of carbonyl (C=O) groups excluding carboxylic acids is 2. The summed E-state index contributed by atoms with van der Waals surface area (Å²) in [4.78, 5) is 36.5. The molecule has 1 fully saturated rings. The maximum atomic E-state index is 13.6. The predicted molar refractivity (Wildman–Crippen MR) is 151 cm³/mol. The van der Waals surface area contributed by atoms with Crippen LogP contribution in [-0.2, 0) is 0 Å². The number of piperidine rings is 1. The number of hydrogen-bond acceptors (Lipinski definition) is 6. The van der Waals surface area contributed by atoms with Crippen molar-refractivity contribution in [2.75, 3.05) is 30.4 Å². The van der Waals surface area contributed by atoms with E-state index >= 15 is 0 Å². The normalized spacial score (nSPS) is 17.4. The molecule has 3 amide bonds. The Balaban J connectivity index is 1.36. The van der Waals surface area contributed by atoms with E-state index in [4.69, 9.17) is 4.74 Å². The van der Waals surface area contributed by atoms with Crippen molar-refractivity contribution >= 4 is 50.6 Å². The van der Waals surface area contributed by atoms with Crippen molar-refractivity contribution < 1.29 is 14.3 Å². The molecule has 194 valence electrons. The predicted octanol–water partition coefficient (Wildman–Crippen LogP) is 6.21. The minimum Gasteiger partial charge on any atom is -0.457 e. The molecule has 1 atom stereocenters. The zero-order valence-electron chi connectivity index (χ0n) is 21.6. The van der Waals surface area contributed by atoms with Crippen molar-refractivity contribution in [3.05, 3.63) is 70.7 Å². The highest BCUT2D eigenvalue weighted by Gasteiger charge is 2.34. The van der Waals surface area contributed by atoms with Crippen LogP contribution in [0.1, 0.15) is 33.6 Å². The molecule has 0 spiro atoms. The fourth-order valence-electron chi connectivity index (χ4n) is 5.27. The lowest BCUT2D eigenvalue weighted by Crippen LogP contribution is -2.46. The molecule has 1 unspecified atom stereocenters. The van der Waals surface area contributed by atoms with Gasteiger partial charge in [0.1, 0.15) is 21.2 Å². The van der Waals surface area contributed by atoms with Crippen molar-refractivity contribution in [2.24, 2.45) is 0 Å². The number of likely N-dealkylation sites (tertiary alicyclic amines) is 1. The summed E-state index contributed by atoms with van der Waals surface area (Å²) in [6.07, 6.45) is 3.69. The van der Waals surface area contributed by atoms with Crippen LogP contribution >= 0.6 is 11.3 Å². The first-order valence-corrected chi connectivity index (χ1v) is 13.6. The van der Waals surface area contributed by atoms with E-state index in [0.29, 0.717) is 21.1 Å². The van der Waals surface area contributed by atoms with Crippen LogP contribution in [-0.4, -0.2) is 48.0 Å². The van der Waals surface area contributed by atoms with Crippen molar-refractivity contribution in [3.8, 4) is 11.5 Å². The number of rotatable bonds is 5. The van der Waals surface area contributed by atoms with Gasteiger partial charge in [-0.3, -0.25) is 9.69 Å². The van der Waals surface area contributed by atoms with Crippen LogP contribution in [0.4, 0.5) is 21.9 Å². The average molecular weight is 528 g/mol. The van der Waals surface area contributed by atoms with Crippen LogP contribution in [0.5, 0.6) is 11.5 Å². The Hall–Kier alpha value is -3.95. The second kappa shape index (κ2) is 9.74. The third kappa shape index (κ3) is 4.27. The number of likely N-dealkylation sites (N-methyl/N-ethyl adjacent to an activating group) is 1. The van der Waals surface area contributed by atoms with Gasteiger partial charge in [-0.05, 0) is 81.7 Å². The summed E-state index contributed by atoms with van der Waals surface area (Å²) in [6, 6.07) is 15.0. The van der Waals surface area contributed by atoms with Gasteiger partial charge in [0.15, 0.2) is 0 Å². The molecule has 9 heteroatoms. The first-order valence-electron chi connectivity index (χ1n) is 12.8. The van der Waals surface area contributed by atoms with E-state index < -0.39 is 0 Å². The number of hydrogen-bond donors (Lipinski definition) is 2. The smallest absolute Gasteiger partial charge is 0.331 e. The molecule has 6 rings (SSSR count). The summed E-state index contributed by atoms with van der Waals surface area (Å²) in [7, 11) is 2.07. The Morgan fingerprint density at radius 3 is 2.71 bits per heavy atom. The minimum atomic E-state index is -0.311. The molecule has 2 aliphatic rings. The van der Waals surface area contributed by atoms with Crippen molar-refractivity contribution in [1.82, 2.24) is 15.2 Å². The molecule has 0 aliphatic carbocycles. The van der Waals surface area contributed by atoms with E-state index in [9.17, 15) is 9.59 Å². The molecular weight excluding hydrogens is 498 g/mol. The maximum absolute atomic E-state index is 13.6. The zero-order valence-corrected chi connectivity index (χ0v) is 22.4. The number of aromatic nitrogens is 1. The summed E-state index contributed by atoms with van der Waals surface area (Å²) in [5.41, 5.74) is 3.87. The molecule has 2 aromatic heterocycles. The monoisotopic (exact) mass is 527 g/mol. The van der Waals surface area contributed by atoms with Gasteiger partial charge in [0.05, 0.1) is 22.4 Å². The third-order valence-corrected chi connectivity index (χ3v) is 8.43. The molecule has 2 aromatic carbocycles. The largest absolute Gasteiger partial charge is 0.457 e. The van der Waals surface area contributed by atoms with Gasteiger partial charge in [-0.1, -0.05) is 18.2 Å². The number of urea groups is 1. The standard InChI is InChI=1S/C29H29N5O3S/c1-17-18(2)23(37-20-9-5-4-6-10-20)12-11-21(17)34-22-13-14-30-28-24(22)25(32-29(34)36)26(38-28)27(35)31-19-8-7-15-33(3)16-19/h4-6,9-14,19H,7-8,15-16H2,1-3H3,(H,31,35)(H,32,36). The molecule has 0 bridgehead atoms. The van der Waals surface area contributed by atoms with Crippen molar-refractivity contribution in [3.63, 3.8) is 0 Å². The van der Waals surface area contributed by atoms with Gasteiger partial charge in [0, 0.05) is 18.8 Å². The number of anilines is 3. The summed E-state index contributed by atoms with van der Waals surface area (Å²) < 4.78 is 6.10. The first-order chi connectivity index (χ1) is 18.4. The van der Waals surface area contributed by atoms with E-state index in [2.05, 4.69) is 27.6 Å². The highest BCUT2D eigenvalue weighted by Crippen LogP contribution is 2.47. The molecular formula is C29H29N5O3S. The molecule has 0 radical (unpaired) electrons. The Kier molecular flexibility index (Phi) is 6.25. The fourth-order valence-corrected chi connectivity index (χ4v) is 6.29. The van der Waals surface area contributed by atoms with E-state index in [-0.39, 0.29) is 18.0 Å². The highest BCUT2D eigenvalue weighted by atomic mass is 32.1. The number of para-hydroxylation sites is 1. The van der Waals surface area contributed by atoms with Gasteiger partial charge in [-0.15, -0.1) is 11.3 Å². The lowest BCUT2D eigenvalue weighted by molar-refractivity contribution is 0.0917. The Morgan fingerprint density at radius 2 is 1.92 bits per heavy atom. The van der Waals surface area contributed by atoms with Crippen LogP contribution in [0, 0.1) is 13.8 Å². The number of amides is 3. The molecule has 0 saturated carbocycles. The van der Waals surface area contributed by atoms with Crippen LogP contribution in [0.25, 0.3) is 10.2 Å². The van der Waals surface area contributed by atoms with Gasteiger partial charge in [0.2, 0.25) is 0 Å². The number of ether oxygens (including phenoxy) is 1. The average Bonchev–Trinajstić information content (AvgIpc) is 3.28. The summed E-state index contributed by atoms with van der Waals surface area (Å²) in [5, 5.41) is 6.95. The van der Waals surface area contributed by atoms with Crippen molar-refractivity contribution in [1.29, 1.82) is 0 Å². The second-order valence-corrected chi connectivity index (χ2v) is 10.9. The van der Waals surface area contributed by atoms with Gasteiger partial charge in [0.25, 0.3) is 5.91 Å².